The van der Waals surface area contributed by atoms with Crippen LogP contribution in [0.3, 0.4) is 0 Å². The standard InChI is InChI=1S/C17H12F4N2O4S/c1-9-12(8-15(24)25)11-3-2-6-22-16(11)23(9)28(26,27)10-4-5-13(14(18)7-10)17(19,20)21/h2-7H,8H2,1H3,(H,24,25). The zero-order valence-corrected chi connectivity index (χ0v) is 15.0. The van der Waals surface area contributed by atoms with Crippen LogP contribution in [0.4, 0.5) is 17.6 Å². The van der Waals surface area contributed by atoms with Gasteiger partial charge in [-0.1, -0.05) is 0 Å². The Kier molecular flexibility index (Phi) is 4.66. The van der Waals surface area contributed by atoms with Crippen LogP contribution in [-0.2, 0) is 27.4 Å². The summed E-state index contributed by atoms with van der Waals surface area (Å²) in [5.74, 6) is -2.94. The van der Waals surface area contributed by atoms with Gasteiger partial charge in [-0.25, -0.2) is 21.8 Å². The van der Waals surface area contributed by atoms with E-state index in [1.165, 1.54) is 25.3 Å². The van der Waals surface area contributed by atoms with Gasteiger partial charge in [0.2, 0.25) is 0 Å². The number of nitrogens with zero attached hydrogens (tertiary/aromatic N) is 2. The van der Waals surface area contributed by atoms with Gasteiger partial charge in [0.25, 0.3) is 10.0 Å². The van der Waals surface area contributed by atoms with Crippen molar-refractivity contribution in [2.45, 2.75) is 24.4 Å². The van der Waals surface area contributed by atoms with E-state index in [2.05, 4.69) is 4.98 Å². The van der Waals surface area contributed by atoms with Crippen molar-refractivity contribution >= 4 is 27.0 Å². The second kappa shape index (κ2) is 6.59. The van der Waals surface area contributed by atoms with Crippen molar-refractivity contribution in [1.82, 2.24) is 8.96 Å². The lowest BCUT2D eigenvalue weighted by Crippen LogP contribution is -2.17. The largest absolute Gasteiger partial charge is 0.481 e. The van der Waals surface area contributed by atoms with Gasteiger partial charge in [0.15, 0.2) is 5.65 Å². The number of fused-ring (bicyclic) bond motifs is 1. The molecule has 0 amide bonds. The van der Waals surface area contributed by atoms with Gasteiger partial charge < -0.3 is 5.11 Å². The summed E-state index contributed by atoms with van der Waals surface area (Å²) >= 11 is 0. The highest BCUT2D eigenvalue weighted by molar-refractivity contribution is 7.90. The molecule has 1 N–H and O–H groups in total. The van der Waals surface area contributed by atoms with Crippen LogP contribution in [-0.4, -0.2) is 28.5 Å². The Labute approximate surface area is 156 Å². The lowest BCUT2D eigenvalue weighted by molar-refractivity contribution is -0.140. The average Bonchev–Trinajstić information content (AvgIpc) is 2.86. The van der Waals surface area contributed by atoms with E-state index >= 15 is 0 Å². The molecule has 2 heterocycles. The molecule has 2 aromatic heterocycles. The smallest absolute Gasteiger partial charge is 0.419 e. The summed E-state index contributed by atoms with van der Waals surface area (Å²) in [6.45, 7) is 1.35. The maximum Gasteiger partial charge on any atom is 0.419 e. The number of benzene rings is 1. The molecule has 0 saturated carbocycles. The Morgan fingerprint density at radius 1 is 1.25 bits per heavy atom. The summed E-state index contributed by atoms with van der Waals surface area (Å²) in [7, 11) is -4.54. The van der Waals surface area contributed by atoms with Gasteiger partial charge >= 0.3 is 12.1 Å². The number of carbonyl (C=O) groups is 1. The van der Waals surface area contributed by atoms with Crippen molar-refractivity contribution in [1.29, 1.82) is 0 Å². The van der Waals surface area contributed by atoms with E-state index in [0.717, 1.165) is 0 Å². The molecule has 0 aliphatic rings. The van der Waals surface area contributed by atoms with E-state index < -0.39 is 44.9 Å². The number of pyridine rings is 1. The fraction of sp³-hybridized carbons (Fsp3) is 0.176. The summed E-state index contributed by atoms with van der Waals surface area (Å²) in [5, 5.41) is 9.35. The number of halogens is 4. The third kappa shape index (κ3) is 3.21. The van der Waals surface area contributed by atoms with Crippen molar-refractivity contribution < 1.29 is 35.9 Å². The molecule has 0 fully saturated rings. The van der Waals surface area contributed by atoms with Gasteiger partial charge in [-0.05, 0) is 42.8 Å². The number of carboxylic acid groups (broad SMARTS) is 1. The molecule has 1 aromatic carbocycles. The van der Waals surface area contributed by atoms with E-state index in [-0.39, 0.29) is 28.4 Å². The summed E-state index contributed by atoms with van der Waals surface area (Å²) < 4.78 is 78.8. The Morgan fingerprint density at radius 2 is 1.93 bits per heavy atom. The van der Waals surface area contributed by atoms with Gasteiger partial charge in [0.1, 0.15) is 5.82 Å². The predicted molar refractivity (Wildman–Crippen MR) is 89.8 cm³/mol. The van der Waals surface area contributed by atoms with Crippen LogP contribution in [0.1, 0.15) is 16.8 Å². The summed E-state index contributed by atoms with van der Waals surface area (Å²) in [5.41, 5.74) is -1.48. The second-order valence-electron chi connectivity index (χ2n) is 5.92. The van der Waals surface area contributed by atoms with Crippen molar-refractivity contribution in [2.75, 3.05) is 0 Å². The first-order valence-corrected chi connectivity index (χ1v) is 9.17. The Morgan fingerprint density at radius 3 is 2.50 bits per heavy atom. The molecule has 0 saturated heterocycles. The van der Waals surface area contributed by atoms with Gasteiger partial charge in [-0.3, -0.25) is 4.79 Å². The highest BCUT2D eigenvalue weighted by Crippen LogP contribution is 2.34. The highest BCUT2D eigenvalue weighted by Gasteiger charge is 2.35. The second-order valence-corrected chi connectivity index (χ2v) is 7.70. The molecule has 0 bridgehead atoms. The number of carboxylic acids is 1. The number of aromatic nitrogens is 2. The third-order valence-corrected chi connectivity index (χ3v) is 5.93. The average molecular weight is 416 g/mol. The molecule has 3 aromatic rings. The molecule has 0 aliphatic carbocycles. The molecule has 0 atom stereocenters. The molecule has 3 rings (SSSR count). The van der Waals surface area contributed by atoms with Crippen LogP contribution in [0.5, 0.6) is 0 Å². The molecule has 0 radical (unpaired) electrons. The molecular formula is C17H12F4N2O4S. The van der Waals surface area contributed by atoms with Crippen molar-refractivity contribution in [3.63, 3.8) is 0 Å². The first-order valence-electron chi connectivity index (χ1n) is 7.73. The lowest BCUT2D eigenvalue weighted by atomic mass is 10.1. The van der Waals surface area contributed by atoms with E-state index in [1.807, 2.05) is 0 Å². The number of rotatable bonds is 4. The Balaban J connectivity index is 2.26. The van der Waals surface area contributed by atoms with Crippen molar-refractivity contribution in [3.8, 4) is 0 Å². The minimum absolute atomic E-state index is 0.0245. The van der Waals surface area contributed by atoms with Crippen molar-refractivity contribution in [2.24, 2.45) is 0 Å². The first kappa shape index (κ1) is 19.8. The van der Waals surface area contributed by atoms with E-state index in [4.69, 9.17) is 5.11 Å². The normalized spacial score (nSPS) is 12.5. The topological polar surface area (TPSA) is 89.3 Å². The number of aliphatic carboxylic acids is 1. The van der Waals surface area contributed by atoms with E-state index in [1.54, 1.807) is 0 Å². The van der Waals surface area contributed by atoms with Crippen molar-refractivity contribution in [3.05, 3.63) is 59.2 Å². The molecule has 28 heavy (non-hydrogen) atoms. The maximum atomic E-state index is 13.9. The van der Waals surface area contributed by atoms with Crippen LogP contribution < -0.4 is 0 Å². The zero-order valence-electron chi connectivity index (χ0n) is 14.2. The van der Waals surface area contributed by atoms with Gasteiger partial charge in [-0.2, -0.15) is 13.2 Å². The minimum atomic E-state index is -4.97. The van der Waals surface area contributed by atoms with Gasteiger partial charge in [-0.15, -0.1) is 0 Å². The summed E-state index contributed by atoms with van der Waals surface area (Å²) in [6, 6.07) is 4.24. The first-order chi connectivity index (χ1) is 12.9. The fourth-order valence-corrected chi connectivity index (χ4v) is 4.48. The number of hydrogen-bond donors (Lipinski definition) is 1. The lowest BCUT2D eigenvalue weighted by Gasteiger charge is -2.12. The predicted octanol–water partition coefficient (Wildman–Crippen LogP) is 3.37. The molecule has 0 unspecified atom stereocenters. The molecule has 148 valence electrons. The molecule has 0 spiro atoms. The third-order valence-electron chi connectivity index (χ3n) is 4.16. The minimum Gasteiger partial charge on any atom is -0.481 e. The SMILES string of the molecule is Cc1c(CC(=O)O)c2cccnc2n1S(=O)(=O)c1ccc(C(F)(F)F)c(F)c1. The number of hydrogen-bond acceptors (Lipinski definition) is 4. The number of alkyl halides is 3. The van der Waals surface area contributed by atoms with Gasteiger partial charge in [0.05, 0.1) is 16.9 Å². The summed E-state index contributed by atoms with van der Waals surface area (Å²) in [6.07, 6.45) is -4.18. The van der Waals surface area contributed by atoms with E-state index in [9.17, 15) is 30.8 Å². The van der Waals surface area contributed by atoms with Crippen LogP contribution in [0.15, 0.2) is 41.4 Å². The van der Waals surface area contributed by atoms with Crippen LogP contribution in [0, 0.1) is 12.7 Å². The van der Waals surface area contributed by atoms with Crippen LogP contribution in [0.2, 0.25) is 0 Å². The zero-order chi connectivity index (χ0) is 20.9. The van der Waals surface area contributed by atoms with E-state index in [0.29, 0.717) is 16.1 Å². The highest BCUT2D eigenvalue weighted by atomic mass is 32.2. The molecule has 6 nitrogen and oxygen atoms in total. The summed E-state index contributed by atoms with van der Waals surface area (Å²) in [4.78, 5) is 14.4. The maximum absolute atomic E-state index is 13.9. The monoisotopic (exact) mass is 416 g/mol. The molecule has 0 aliphatic heterocycles. The van der Waals surface area contributed by atoms with Gasteiger partial charge in [0, 0.05) is 17.3 Å². The van der Waals surface area contributed by atoms with Crippen LogP contribution >= 0.6 is 0 Å². The Bertz CT molecular complexity index is 1200. The quantitative estimate of drug-likeness (QED) is 0.659. The Hall–Kier alpha value is -2.95. The van der Waals surface area contributed by atoms with Crippen LogP contribution in [0.25, 0.3) is 11.0 Å². The fourth-order valence-electron chi connectivity index (χ4n) is 2.93. The molecular weight excluding hydrogens is 404 g/mol. The molecule has 11 heteroatoms.